The molecule has 0 unspecified atom stereocenters. The van der Waals surface area contributed by atoms with Gasteiger partial charge in [-0.05, 0) is 19.4 Å². The van der Waals surface area contributed by atoms with Crippen LogP contribution in [0.25, 0.3) is 0 Å². The zero-order chi connectivity index (χ0) is 9.42. The molecular formula is C10H14N2O. The van der Waals surface area contributed by atoms with Crippen molar-refractivity contribution in [2.75, 3.05) is 6.54 Å². The Morgan fingerprint density at radius 3 is 2.92 bits per heavy atom. The second-order valence-electron chi connectivity index (χ2n) is 3.57. The molecular weight excluding hydrogens is 164 g/mol. The van der Waals surface area contributed by atoms with Crippen molar-refractivity contribution in [2.24, 2.45) is 0 Å². The van der Waals surface area contributed by atoms with E-state index in [2.05, 4.69) is 10.3 Å². The summed E-state index contributed by atoms with van der Waals surface area (Å²) in [5, 5.41) is 3.28. The van der Waals surface area contributed by atoms with Gasteiger partial charge in [-0.25, -0.2) is 0 Å². The molecule has 0 aromatic carbocycles. The molecule has 13 heavy (non-hydrogen) atoms. The lowest BCUT2D eigenvalue weighted by Crippen LogP contribution is -2.24. The second-order valence-corrected chi connectivity index (χ2v) is 3.57. The molecule has 3 nitrogen and oxygen atoms in total. The molecule has 0 fully saturated rings. The zero-order valence-corrected chi connectivity index (χ0v) is 8.03. The summed E-state index contributed by atoms with van der Waals surface area (Å²) in [6, 6.07) is 0. The predicted molar refractivity (Wildman–Crippen MR) is 50.9 cm³/mol. The van der Waals surface area contributed by atoms with E-state index in [1.165, 1.54) is 11.3 Å². The molecule has 0 aliphatic carbocycles. The number of rotatable bonds is 1. The average molecular weight is 178 g/mol. The van der Waals surface area contributed by atoms with Crippen LogP contribution < -0.4 is 5.32 Å². The summed E-state index contributed by atoms with van der Waals surface area (Å²) in [4.78, 5) is 14.6. The molecule has 2 N–H and O–H groups in total. The molecule has 1 aromatic rings. The van der Waals surface area contributed by atoms with E-state index in [1.807, 2.05) is 6.92 Å². The summed E-state index contributed by atoms with van der Waals surface area (Å²) in [5.74, 6) is 0.165. The molecule has 1 aliphatic heterocycles. The Bertz CT molecular complexity index is 352. The molecule has 0 saturated carbocycles. The number of nitrogens with one attached hydrogen (secondary N) is 2. The minimum absolute atomic E-state index is 0.165. The maximum absolute atomic E-state index is 11.4. The van der Waals surface area contributed by atoms with Crippen LogP contribution in [0.5, 0.6) is 0 Å². The summed E-state index contributed by atoms with van der Waals surface area (Å²) < 4.78 is 0. The quantitative estimate of drug-likeness (QED) is 0.634. The molecule has 0 saturated heterocycles. The molecule has 70 valence electrons. The monoisotopic (exact) mass is 178 g/mol. The Hall–Kier alpha value is -1.09. The zero-order valence-electron chi connectivity index (χ0n) is 8.03. The third kappa shape index (κ3) is 1.29. The second kappa shape index (κ2) is 3.00. The maximum atomic E-state index is 11.4. The summed E-state index contributed by atoms with van der Waals surface area (Å²) in [6.45, 7) is 5.43. The smallest absolute Gasteiger partial charge is 0.161 e. The van der Waals surface area contributed by atoms with Gasteiger partial charge in [-0.2, -0.15) is 0 Å². The number of carbonyl (C=O) groups excluding carboxylic acids is 1. The minimum atomic E-state index is 0.165. The average Bonchev–Trinajstić information content (AvgIpc) is 2.39. The van der Waals surface area contributed by atoms with Crippen molar-refractivity contribution >= 4 is 5.78 Å². The molecule has 0 atom stereocenters. The first-order valence-corrected chi connectivity index (χ1v) is 4.62. The topological polar surface area (TPSA) is 44.9 Å². The molecule has 1 aliphatic rings. The van der Waals surface area contributed by atoms with E-state index in [0.717, 1.165) is 30.8 Å². The third-order valence-corrected chi connectivity index (χ3v) is 2.59. The van der Waals surface area contributed by atoms with Gasteiger partial charge in [0.25, 0.3) is 0 Å². The van der Waals surface area contributed by atoms with E-state index in [0.29, 0.717) is 0 Å². The number of carbonyl (C=O) groups is 1. The van der Waals surface area contributed by atoms with Gasteiger partial charge in [-0.1, -0.05) is 0 Å². The lowest BCUT2D eigenvalue weighted by molar-refractivity contribution is 0.101. The van der Waals surface area contributed by atoms with Gasteiger partial charge in [0.05, 0.1) is 0 Å². The van der Waals surface area contributed by atoms with E-state index in [4.69, 9.17) is 0 Å². The van der Waals surface area contributed by atoms with E-state index in [9.17, 15) is 4.79 Å². The summed E-state index contributed by atoms with van der Waals surface area (Å²) in [7, 11) is 0. The van der Waals surface area contributed by atoms with Gasteiger partial charge in [-0.3, -0.25) is 4.79 Å². The fourth-order valence-electron chi connectivity index (χ4n) is 2.05. The Kier molecular flexibility index (Phi) is 1.96. The van der Waals surface area contributed by atoms with Crippen LogP contribution in [-0.2, 0) is 13.0 Å². The van der Waals surface area contributed by atoms with E-state index in [1.54, 1.807) is 6.92 Å². The SMILES string of the molecule is CC(=O)c1c(C)[nH]c2c1CNCC2. The van der Waals surface area contributed by atoms with E-state index in [-0.39, 0.29) is 5.78 Å². The molecule has 2 heterocycles. The van der Waals surface area contributed by atoms with Gasteiger partial charge in [-0.15, -0.1) is 0 Å². The Morgan fingerprint density at radius 1 is 1.46 bits per heavy atom. The number of ketones is 1. The van der Waals surface area contributed by atoms with Gasteiger partial charge in [0, 0.05) is 36.5 Å². The number of Topliss-reactive ketones (excluding diaryl/α,β-unsaturated/α-hetero) is 1. The number of fused-ring (bicyclic) bond motifs is 1. The van der Waals surface area contributed by atoms with Gasteiger partial charge in [0.2, 0.25) is 0 Å². The van der Waals surface area contributed by atoms with Crippen molar-refractivity contribution in [2.45, 2.75) is 26.8 Å². The molecule has 2 rings (SSSR count). The first-order chi connectivity index (χ1) is 6.20. The molecule has 0 bridgehead atoms. The highest BCUT2D eigenvalue weighted by Gasteiger charge is 2.19. The van der Waals surface area contributed by atoms with Crippen LogP contribution in [0.4, 0.5) is 0 Å². The highest BCUT2D eigenvalue weighted by atomic mass is 16.1. The Balaban J connectivity index is 2.54. The normalized spacial score (nSPS) is 15.5. The maximum Gasteiger partial charge on any atom is 0.161 e. The number of aromatic amines is 1. The van der Waals surface area contributed by atoms with Gasteiger partial charge < -0.3 is 10.3 Å². The first-order valence-electron chi connectivity index (χ1n) is 4.62. The molecule has 0 radical (unpaired) electrons. The van der Waals surface area contributed by atoms with Crippen molar-refractivity contribution in [3.63, 3.8) is 0 Å². The van der Waals surface area contributed by atoms with Crippen molar-refractivity contribution in [1.29, 1.82) is 0 Å². The lowest BCUT2D eigenvalue weighted by Gasteiger charge is -2.13. The Morgan fingerprint density at radius 2 is 2.23 bits per heavy atom. The molecule has 3 heteroatoms. The van der Waals surface area contributed by atoms with E-state index >= 15 is 0 Å². The minimum Gasteiger partial charge on any atom is -0.362 e. The molecule has 1 aromatic heterocycles. The van der Waals surface area contributed by atoms with Crippen LogP contribution in [0.3, 0.4) is 0 Å². The molecule has 0 spiro atoms. The van der Waals surface area contributed by atoms with Crippen LogP contribution in [0.1, 0.15) is 34.2 Å². The number of aryl methyl sites for hydroxylation is 1. The van der Waals surface area contributed by atoms with Crippen LogP contribution in [0.2, 0.25) is 0 Å². The number of hydrogen-bond acceptors (Lipinski definition) is 2. The fraction of sp³-hybridized carbons (Fsp3) is 0.500. The van der Waals surface area contributed by atoms with Gasteiger partial charge in [0.1, 0.15) is 0 Å². The largest absolute Gasteiger partial charge is 0.362 e. The predicted octanol–water partition coefficient (Wildman–Crippen LogP) is 1.17. The van der Waals surface area contributed by atoms with Crippen molar-refractivity contribution in [3.05, 3.63) is 22.5 Å². The van der Waals surface area contributed by atoms with Crippen molar-refractivity contribution < 1.29 is 4.79 Å². The van der Waals surface area contributed by atoms with E-state index < -0.39 is 0 Å². The number of hydrogen-bond donors (Lipinski definition) is 2. The lowest BCUT2D eigenvalue weighted by atomic mass is 10.0. The molecule has 0 amide bonds. The van der Waals surface area contributed by atoms with Crippen LogP contribution in [0, 0.1) is 6.92 Å². The Labute approximate surface area is 77.5 Å². The van der Waals surface area contributed by atoms with Crippen LogP contribution in [-0.4, -0.2) is 17.3 Å². The highest BCUT2D eigenvalue weighted by molar-refractivity contribution is 5.97. The fourth-order valence-corrected chi connectivity index (χ4v) is 2.05. The van der Waals surface area contributed by atoms with Crippen molar-refractivity contribution in [3.8, 4) is 0 Å². The van der Waals surface area contributed by atoms with Crippen LogP contribution >= 0.6 is 0 Å². The third-order valence-electron chi connectivity index (χ3n) is 2.59. The van der Waals surface area contributed by atoms with Gasteiger partial charge >= 0.3 is 0 Å². The van der Waals surface area contributed by atoms with Crippen LogP contribution in [0.15, 0.2) is 0 Å². The number of H-pyrrole nitrogens is 1. The highest BCUT2D eigenvalue weighted by Crippen LogP contribution is 2.21. The standard InChI is InChI=1S/C10H14N2O/c1-6-10(7(2)13)8-5-11-4-3-9(8)12-6/h11-12H,3-5H2,1-2H3. The van der Waals surface area contributed by atoms with Gasteiger partial charge in [0.15, 0.2) is 5.78 Å². The van der Waals surface area contributed by atoms with Crippen molar-refractivity contribution in [1.82, 2.24) is 10.3 Å². The first kappa shape index (κ1) is 8.51. The summed E-state index contributed by atoms with van der Waals surface area (Å²) >= 11 is 0. The summed E-state index contributed by atoms with van der Waals surface area (Å²) in [6.07, 6.45) is 1.00. The summed E-state index contributed by atoms with van der Waals surface area (Å²) in [5.41, 5.74) is 4.32. The number of aromatic nitrogens is 1.